The van der Waals surface area contributed by atoms with Crippen molar-refractivity contribution in [3.63, 3.8) is 0 Å². The molecule has 2 aromatic carbocycles. The van der Waals surface area contributed by atoms with E-state index in [1.807, 2.05) is 56.6 Å². The standard InChI is InChI=1S/C31H37N5O4/c1-20-29-25-10-9-23(22-11-14-35(15-12-22)30(38)40-31(2,3)4)19-26(25)27(13-16-36(29)34-33-20)32-24-8-6-7-21(17-24)18-28(37)39-5/h6-11,17,19,27,32H,12-16,18H2,1-5H3. The molecule has 40 heavy (non-hydrogen) atoms. The molecular weight excluding hydrogens is 506 g/mol. The van der Waals surface area contributed by atoms with Crippen LogP contribution >= 0.6 is 0 Å². The summed E-state index contributed by atoms with van der Waals surface area (Å²) in [5.41, 5.74) is 7.92. The summed E-state index contributed by atoms with van der Waals surface area (Å²) >= 11 is 0. The highest BCUT2D eigenvalue weighted by molar-refractivity contribution is 5.77. The van der Waals surface area contributed by atoms with E-state index in [0.717, 1.165) is 53.2 Å². The third-order valence-corrected chi connectivity index (χ3v) is 7.29. The van der Waals surface area contributed by atoms with Crippen molar-refractivity contribution in [3.8, 4) is 11.3 Å². The first-order chi connectivity index (χ1) is 19.1. The number of rotatable bonds is 5. The van der Waals surface area contributed by atoms with Gasteiger partial charge in [-0.25, -0.2) is 9.48 Å². The molecule has 3 aromatic rings. The first-order valence-electron chi connectivity index (χ1n) is 13.8. The van der Waals surface area contributed by atoms with Crippen LogP contribution in [-0.2, 0) is 27.2 Å². The second kappa shape index (κ2) is 11.2. The number of carbonyl (C=O) groups is 2. The van der Waals surface area contributed by atoms with Crippen LogP contribution in [0.3, 0.4) is 0 Å². The molecule has 1 N–H and O–H groups in total. The Hall–Kier alpha value is -4.14. The molecule has 0 radical (unpaired) electrons. The number of anilines is 1. The quantitative estimate of drug-likeness (QED) is 0.421. The number of aryl methyl sites for hydroxylation is 2. The molecule has 1 aromatic heterocycles. The SMILES string of the molecule is COC(=O)Cc1cccc(NC2CCn3nnc(C)c3-c3ccc(C4=CCN(C(=O)OC(C)(C)C)CC4)cc32)c1. The molecular formula is C31H37N5O4. The van der Waals surface area contributed by atoms with Crippen LogP contribution in [-0.4, -0.2) is 57.8 Å². The van der Waals surface area contributed by atoms with Gasteiger partial charge >= 0.3 is 12.1 Å². The van der Waals surface area contributed by atoms with E-state index < -0.39 is 5.60 Å². The lowest BCUT2D eigenvalue weighted by Crippen LogP contribution is -2.39. The minimum atomic E-state index is -0.515. The lowest BCUT2D eigenvalue weighted by molar-refractivity contribution is -0.139. The Morgan fingerprint density at radius 1 is 1.12 bits per heavy atom. The van der Waals surface area contributed by atoms with Crippen LogP contribution in [0.4, 0.5) is 10.5 Å². The highest BCUT2D eigenvalue weighted by atomic mass is 16.6. The van der Waals surface area contributed by atoms with Gasteiger partial charge in [0, 0.05) is 30.9 Å². The number of ether oxygens (including phenoxy) is 2. The lowest BCUT2D eigenvalue weighted by Gasteiger charge is -2.30. The van der Waals surface area contributed by atoms with E-state index in [-0.39, 0.29) is 24.5 Å². The summed E-state index contributed by atoms with van der Waals surface area (Å²) in [6.07, 6.45) is 3.65. The van der Waals surface area contributed by atoms with Crippen molar-refractivity contribution in [2.45, 2.75) is 65.1 Å². The molecule has 1 amide bonds. The Kier molecular flexibility index (Phi) is 7.65. The molecule has 9 nitrogen and oxygen atoms in total. The summed E-state index contributed by atoms with van der Waals surface area (Å²) in [5.74, 6) is -0.263. The highest BCUT2D eigenvalue weighted by Gasteiger charge is 2.28. The van der Waals surface area contributed by atoms with E-state index in [4.69, 9.17) is 9.47 Å². The van der Waals surface area contributed by atoms with Gasteiger partial charge in [-0.2, -0.15) is 0 Å². The first kappa shape index (κ1) is 27.4. The summed E-state index contributed by atoms with van der Waals surface area (Å²) < 4.78 is 12.4. The third-order valence-electron chi connectivity index (χ3n) is 7.29. The molecule has 0 saturated carbocycles. The third kappa shape index (κ3) is 6.03. The van der Waals surface area contributed by atoms with Crippen molar-refractivity contribution in [2.75, 3.05) is 25.5 Å². The number of amides is 1. The smallest absolute Gasteiger partial charge is 0.410 e. The van der Waals surface area contributed by atoms with Crippen LogP contribution < -0.4 is 5.32 Å². The number of methoxy groups -OCH3 is 1. The molecule has 2 aliphatic heterocycles. The fourth-order valence-corrected chi connectivity index (χ4v) is 5.35. The predicted molar refractivity (Wildman–Crippen MR) is 154 cm³/mol. The Bertz CT molecular complexity index is 1450. The van der Waals surface area contributed by atoms with Gasteiger partial charge < -0.3 is 19.7 Å². The normalized spacial score (nSPS) is 16.8. The molecule has 0 spiro atoms. The topological polar surface area (TPSA) is 98.6 Å². The van der Waals surface area contributed by atoms with Gasteiger partial charge in [-0.1, -0.05) is 35.6 Å². The van der Waals surface area contributed by atoms with E-state index >= 15 is 0 Å². The maximum absolute atomic E-state index is 12.6. The molecule has 0 bridgehead atoms. The maximum atomic E-state index is 12.6. The molecule has 5 rings (SSSR count). The zero-order valence-electron chi connectivity index (χ0n) is 23.9. The summed E-state index contributed by atoms with van der Waals surface area (Å²) in [6, 6.07) is 14.5. The predicted octanol–water partition coefficient (Wildman–Crippen LogP) is 5.55. The number of carbonyl (C=O) groups excluding carboxylic acids is 2. The first-order valence-corrected chi connectivity index (χ1v) is 13.8. The number of esters is 1. The number of hydrogen-bond acceptors (Lipinski definition) is 7. The van der Waals surface area contributed by atoms with E-state index in [0.29, 0.717) is 13.1 Å². The van der Waals surface area contributed by atoms with Gasteiger partial charge in [-0.3, -0.25) is 4.79 Å². The van der Waals surface area contributed by atoms with Crippen LogP contribution in [0.15, 0.2) is 48.5 Å². The van der Waals surface area contributed by atoms with Crippen molar-refractivity contribution in [1.29, 1.82) is 0 Å². The van der Waals surface area contributed by atoms with Gasteiger partial charge in [0.1, 0.15) is 5.60 Å². The molecule has 2 aliphatic rings. The molecule has 1 unspecified atom stereocenters. The Labute approximate surface area is 235 Å². The minimum Gasteiger partial charge on any atom is -0.469 e. The highest BCUT2D eigenvalue weighted by Crippen LogP contribution is 2.39. The van der Waals surface area contributed by atoms with Crippen LogP contribution in [0.25, 0.3) is 16.8 Å². The van der Waals surface area contributed by atoms with Crippen molar-refractivity contribution in [3.05, 3.63) is 70.9 Å². The Balaban J connectivity index is 1.44. The summed E-state index contributed by atoms with van der Waals surface area (Å²) in [4.78, 5) is 26.1. The number of fused-ring (bicyclic) bond motifs is 3. The summed E-state index contributed by atoms with van der Waals surface area (Å²) in [7, 11) is 1.40. The van der Waals surface area contributed by atoms with Crippen LogP contribution in [0.1, 0.15) is 62.0 Å². The summed E-state index contributed by atoms with van der Waals surface area (Å²) in [6.45, 7) is 9.51. The largest absolute Gasteiger partial charge is 0.469 e. The van der Waals surface area contributed by atoms with Crippen molar-refractivity contribution in [2.24, 2.45) is 0 Å². The zero-order chi connectivity index (χ0) is 28.4. The summed E-state index contributed by atoms with van der Waals surface area (Å²) in [5, 5.41) is 12.5. The van der Waals surface area contributed by atoms with E-state index in [9.17, 15) is 9.59 Å². The molecule has 0 fully saturated rings. The second-order valence-electron chi connectivity index (χ2n) is 11.4. The van der Waals surface area contributed by atoms with Gasteiger partial charge in [-0.15, -0.1) is 5.10 Å². The molecule has 0 saturated heterocycles. The number of benzene rings is 2. The van der Waals surface area contributed by atoms with Crippen molar-refractivity contribution in [1.82, 2.24) is 19.9 Å². The van der Waals surface area contributed by atoms with Crippen LogP contribution in [0.5, 0.6) is 0 Å². The van der Waals surface area contributed by atoms with Crippen LogP contribution in [0, 0.1) is 6.92 Å². The average molecular weight is 544 g/mol. The van der Waals surface area contributed by atoms with Gasteiger partial charge in [-0.05, 0) is 81.0 Å². The molecule has 3 heterocycles. The molecule has 210 valence electrons. The van der Waals surface area contributed by atoms with Crippen molar-refractivity contribution < 1.29 is 19.1 Å². The van der Waals surface area contributed by atoms with E-state index in [1.165, 1.54) is 18.2 Å². The fraction of sp³-hybridized carbons (Fsp3) is 0.419. The van der Waals surface area contributed by atoms with E-state index in [2.05, 4.69) is 39.9 Å². The minimum absolute atomic E-state index is 0.0203. The molecule has 1 atom stereocenters. The van der Waals surface area contributed by atoms with E-state index in [1.54, 1.807) is 4.90 Å². The number of nitrogens with zero attached hydrogens (tertiary/aromatic N) is 4. The second-order valence-corrected chi connectivity index (χ2v) is 11.4. The molecule has 9 heteroatoms. The maximum Gasteiger partial charge on any atom is 0.410 e. The monoisotopic (exact) mass is 543 g/mol. The molecule has 0 aliphatic carbocycles. The van der Waals surface area contributed by atoms with Crippen molar-refractivity contribution >= 4 is 23.3 Å². The number of hydrogen-bond donors (Lipinski definition) is 1. The Morgan fingerprint density at radius 2 is 1.95 bits per heavy atom. The van der Waals surface area contributed by atoms with Gasteiger partial charge in [0.05, 0.1) is 31.0 Å². The van der Waals surface area contributed by atoms with Gasteiger partial charge in [0.2, 0.25) is 0 Å². The fourth-order valence-electron chi connectivity index (χ4n) is 5.35. The lowest BCUT2D eigenvalue weighted by atomic mass is 9.90. The Morgan fingerprint density at radius 3 is 2.67 bits per heavy atom. The number of aromatic nitrogens is 3. The van der Waals surface area contributed by atoms with Crippen LogP contribution in [0.2, 0.25) is 0 Å². The number of nitrogens with one attached hydrogen (secondary N) is 1. The van der Waals surface area contributed by atoms with Gasteiger partial charge in [0.15, 0.2) is 0 Å². The zero-order valence-corrected chi connectivity index (χ0v) is 23.9. The van der Waals surface area contributed by atoms with Gasteiger partial charge in [0.25, 0.3) is 0 Å². The average Bonchev–Trinajstić information content (AvgIpc) is 3.22.